The highest BCUT2D eigenvalue weighted by atomic mass is 32.1. The summed E-state index contributed by atoms with van der Waals surface area (Å²) >= 11 is 4.92. The first kappa shape index (κ1) is 12.8. The Kier molecular flexibility index (Phi) is 5.05. The van der Waals surface area contributed by atoms with Gasteiger partial charge >= 0.3 is 0 Å². The van der Waals surface area contributed by atoms with Gasteiger partial charge in [0.25, 0.3) is 0 Å². The third-order valence-corrected chi connectivity index (χ3v) is 2.67. The van der Waals surface area contributed by atoms with E-state index in [0.29, 0.717) is 11.6 Å². The van der Waals surface area contributed by atoms with Crippen molar-refractivity contribution in [2.45, 2.75) is 13.8 Å². The number of nitrogens with one attached hydrogen (secondary N) is 1. The molecule has 0 radical (unpaired) electrons. The largest absolute Gasteiger partial charge is 0.492 e. The van der Waals surface area contributed by atoms with Gasteiger partial charge in [0.05, 0.1) is 17.3 Å². The molecule has 0 aliphatic carbocycles. The Bertz CT molecular complexity index is 355. The first-order valence-electron chi connectivity index (χ1n) is 5.40. The molecule has 1 atom stereocenters. The molecule has 0 saturated heterocycles. The van der Waals surface area contributed by atoms with Crippen LogP contribution in [0.4, 0.5) is 5.69 Å². The topological polar surface area (TPSA) is 47.3 Å². The number of nitrogens with two attached hydrogens (primary N) is 1. The second-order valence-electron chi connectivity index (χ2n) is 3.61. The summed E-state index contributed by atoms with van der Waals surface area (Å²) in [5.41, 5.74) is 6.54. The molecule has 88 valence electrons. The minimum atomic E-state index is 0.171. The van der Waals surface area contributed by atoms with Gasteiger partial charge in [-0.1, -0.05) is 31.3 Å². The van der Waals surface area contributed by atoms with E-state index in [-0.39, 0.29) is 5.92 Å². The van der Waals surface area contributed by atoms with Crippen LogP contribution in [0.25, 0.3) is 0 Å². The van der Waals surface area contributed by atoms with E-state index >= 15 is 0 Å². The van der Waals surface area contributed by atoms with Gasteiger partial charge in [0.15, 0.2) is 0 Å². The van der Waals surface area contributed by atoms with Gasteiger partial charge in [0.2, 0.25) is 0 Å². The molecular formula is C12H18N2OS. The predicted octanol–water partition coefficient (Wildman–Crippen LogP) is 2.42. The summed E-state index contributed by atoms with van der Waals surface area (Å²) in [4.78, 5) is 0.529. The van der Waals surface area contributed by atoms with Crippen molar-refractivity contribution in [3.63, 3.8) is 0 Å². The summed E-state index contributed by atoms with van der Waals surface area (Å²) in [6.07, 6.45) is 0. The summed E-state index contributed by atoms with van der Waals surface area (Å²) in [5.74, 6) is 1.03. The molecule has 3 nitrogen and oxygen atoms in total. The van der Waals surface area contributed by atoms with Gasteiger partial charge in [-0.25, -0.2) is 0 Å². The highest BCUT2D eigenvalue weighted by molar-refractivity contribution is 7.80. The monoisotopic (exact) mass is 238 g/mol. The maximum Gasteiger partial charge on any atom is 0.142 e. The van der Waals surface area contributed by atoms with Crippen LogP contribution < -0.4 is 15.8 Å². The van der Waals surface area contributed by atoms with E-state index in [4.69, 9.17) is 22.7 Å². The Morgan fingerprint density at radius 3 is 2.81 bits per heavy atom. The Labute approximate surface area is 102 Å². The molecule has 1 aromatic rings. The highest BCUT2D eigenvalue weighted by Gasteiger charge is 2.06. The molecular weight excluding hydrogens is 220 g/mol. The van der Waals surface area contributed by atoms with Gasteiger partial charge in [-0.2, -0.15) is 0 Å². The van der Waals surface area contributed by atoms with Crippen molar-refractivity contribution in [2.75, 3.05) is 18.5 Å². The van der Waals surface area contributed by atoms with Gasteiger partial charge in [-0.3, -0.25) is 0 Å². The van der Waals surface area contributed by atoms with Crippen LogP contribution in [-0.4, -0.2) is 18.1 Å². The minimum Gasteiger partial charge on any atom is -0.492 e. The summed E-state index contributed by atoms with van der Waals surface area (Å²) in [5, 5.41) is 3.29. The van der Waals surface area contributed by atoms with E-state index in [0.717, 1.165) is 18.0 Å². The van der Waals surface area contributed by atoms with Gasteiger partial charge in [0, 0.05) is 12.5 Å². The molecule has 4 heteroatoms. The molecule has 0 aliphatic heterocycles. The van der Waals surface area contributed by atoms with Crippen molar-refractivity contribution in [2.24, 2.45) is 11.7 Å². The highest BCUT2D eigenvalue weighted by Crippen LogP contribution is 2.23. The first-order valence-corrected chi connectivity index (χ1v) is 5.81. The van der Waals surface area contributed by atoms with Crippen molar-refractivity contribution in [3.05, 3.63) is 24.3 Å². The number of ether oxygens (including phenoxy) is 1. The van der Waals surface area contributed by atoms with Crippen LogP contribution in [0.5, 0.6) is 5.75 Å². The normalized spacial score (nSPS) is 11.9. The zero-order valence-corrected chi connectivity index (χ0v) is 10.5. The fourth-order valence-corrected chi connectivity index (χ4v) is 1.34. The van der Waals surface area contributed by atoms with Crippen molar-refractivity contribution < 1.29 is 4.74 Å². The average Bonchev–Trinajstić information content (AvgIpc) is 2.27. The van der Waals surface area contributed by atoms with Crippen LogP contribution in [-0.2, 0) is 0 Å². The van der Waals surface area contributed by atoms with Crippen LogP contribution in [0.2, 0.25) is 0 Å². The van der Waals surface area contributed by atoms with Gasteiger partial charge in [0.1, 0.15) is 5.75 Å². The fourth-order valence-electron chi connectivity index (χ4n) is 1.26. The lowest BCUT2D eigenvalue weighted by molar-refractivity contribution is 0.341. The molecule has 0 spiro atoms. The molecule has 0 amide bonds. The van der Waals surface area contributed by atoms with Crippen LogP contribution in [0.1, 0.15) is 13.8 Å². The Balaban J connectivity index is 2.62. The summed E-state index contributed by atoms with van der Waals surface area (Å²) in [6, 6.07) is 7.85. The Morgan fingerprint density at radius 2 is 2.19 bits per heavy atom. The van der Waals surface area contributed by atoms with Crippen molar-refractivity contribution in [1.29, 1.82) is 0 Å². The second kappa shape index (κ2) is 6.33. The third-order valence-electron chi connectivity index (χ3n) is 2.27. The van der Waals surface area contributed by atoms with Gasteiger partial charge in [-0.05, 0) is 19.1 Å². The summed E-state index contributed by atoms with van der Waals surface area (Å²) in [7, 11) is 0. The molecule has 0 aliphatic rings. The smallest absolute Gasteiger partial charge is 0.142 e. The number of benzene rings is 1. The fraction of sp³-hybridized carbons (Fsp3) is 0.417. The van der Waals surface area contributed by atoms with Crippen LogP contribution in [0.3, 0.4) is 0 Å². The lowest BCUT2D eigenvalue weighted by Gasteiger charge is -2.15. The number of rotatable bonds is 6. The number of para-hydroxylation sites is 2. The number of thiocarbonyl (C=S) groups is 1. The maximum absolute atomic E-state index is 5.56. The Hall–Kier alpha value is -1.29. The van der Waals surface area contributed by atoms with Gasteiger partial charge < -0.3 is 15.8 Å². The Morgan fingerprint density at radius 1 is 1.50 bits per heavy atom. The van der Waals surface area contributed by atoms with E-state index in [2.05, 4.69) is 5.32 Å². The van der Waals surface area contributed by atoms with E-state index in [1.165, 1.54) is 0 Å². The van der Waals surface area contributed by atoms with E-state index < -0.39 is 0 Å². The molecule has 3 N–H and O–H groups in total. The van der Waals surface area contributed by atoms with Crippen LogP contribution >= 0.6 is 12.2 Å². The molecule has 0 bridgehead atoms. The second-order valence-corrected chi connectivity index (χ2v) is 4.08. The molecule has 0 aromatic heterocycles. The number of hydrogen-bond acceptors (Lipinski definition) is 3. The van der Waals surface area contributed by atoms with Crippen molar-refractivity contribution in [1.82, 2.24) is 0 Å². The lowest BCUT2D eigenvalue weighted by atomic mass is 10.2. The molecule has 0 saturated carbocycles. The molecule has 1 unspecified atom stereocenters. The molecule has 16 heavy (non-hydrogen) atoms. The van der Waals surface area contributed by atoms with E-state index in [1.54, 1.807) is 0 Å². The molecule has 1 aromatic carbocycles. The first-order chi connectivity index (χ1) is 7.65. The standard InChI is InChI=1S/C12H18N2OS/c1-3-15-11-7-5-4-6-10(11)14-8-9(2)12(13)16/h4-7,9,14H,3,8H2,1-2H3,(H2,13,16). The average molecular weight is 238 g/mol. The minimum absolute atomic E-state index is 0.171. The lowest BCUT2D eigenvalue weighted by Crippen LogP contribution is -2.25. The zero-order valence-electron chi connectivity index (χ0n) is 9.69. The van der Waals surface area contributed by atoms with Crippen molar-refractivity contribution >= 4 is 22.9 Å². The van der Waals surface area contributed by atoms with Gasteiger partial charge in [-0.15, -0.1) is 0 Å². The summed E-state index contributed by atoms with van der Waals surface area (Å²) < 4.78 is 5.50. The number of hydrogen-bond donors (Lipinski definition) is 2. The molecule has 0 fully saturated rings. The zero-order chi connectivity index (χ0) is 12.0. The summed E-state index contributed by atoms with van der Waals surface area (Å²) in [6.45, 7) is 5.34. The van der Waals surface area contributed by atoms with Crippen molar-refractivity contribution in [3.8, 4) is 5.75 Å². The quantitative estimate of drug-likeness (QED) is 0.747. The van der Waals surface area contributed by atoms with Crippen LogP contribution in [0.15, 0.2) is 24.3 Å². The molecule has 1 rings (SSSR count). The predicted molar refractivity (Wildman–Crippen MR) is 72.1 cm³/mol. The third kappa shape index (κ3) is 3.70. The maximum atomic E-state index is 5.56. The number of anilines is 1. The van der Waals surface area contributed by atoms with E-state index in [1.807, 2.05) is 38.1 Å². The SMILES string of the molecule is CCOc1ccccc1NCC(C)C(N)=S. The van der Waals surface area contributed by atoms with Crippen LogP contribution in [0, 0.1) is 5.92 Å². The molecule has 0 heterocycles. The van der Waals surface area contributed by atoms with E-state index in [9.17, 15) is 0 Å².